The molecule has 0 saturated heterocycles. The van der Waals surface area contributed by atoms with Crippen LogP contribution in [0, 0.1) is 12.8 Å². The molecule has 3 amide bonds. The van der Waals surface area contributed by atoms with Gasteiger partial charge in [0, 0.05) is 51.3 Å². The summed E-state index contributed by atoms with van der Waals surface area (Å²) in [6, 6.07) is 6.20. The molecule has 3 rings (SSSR count). The predicted octanol–water partition coefficient (Wildman–Crippen LogP) is 2.98. The normalized spacial score (nSPS) is 21.4. The molecule has 0 saturated carbocycles. The fourth-order valence-corrected chi connectivity index (χ4v) is 4.07. The van der Waals surface area contributed by atoms with E-state index in [9.17, 15) is 14.4 Å². The molecule has 1 aliphatic rings. The van der Waals surface area contributed by atoms with Gasteiger partial charge in [0.15, 0.2) is 5.69 Å². The van der Waals surface area contributed by atoms with Crippen LogP contribution in [0.2, 0.25) is 0 Å². The Balaban J connectivity index is 1.94. The summed E-state index contributed by atoms with van der Waals surface area (Å²) in [5.74, 6) is 0.193. The SMILES string of the molecule is CCC(=O)N1C[C@H](C)[C@H](OC)CN(C)C(=O)c2cc(NC(=O)c3cc(C)on3)ccc2OC[C@H]1C. The Kier molecular flexibility index (Phi) is 8.50. The molecular formula is C25H34N4O6. The molecule has 35 heavy (non-hydrogen) atoms. The standard InChI is InChI=1S/C25H34N4O6/c1-7-23(30)29-12-15(2)22(33-6)13-28(5)25(32)19-11-18(8-9-21(19)34-14-16(29)3)26-24(31)20-10-17(4)35-27-20/h8-11,15-16,22H,7,12-14H2,1-6H3,(H,26,31)/t15-,16+,22+/m0/s1. The van der Waals surface area contributed by atoms with E-state index in [1.807, 2.05) is 25.7 Å². The van der Waals surface area contributed by atoms with Crippen molar-refractivity contribution < 1.29 is 28.4 Å². The number of amides is 3. The minimum absolute atomic E-state index is 0.0105. The number of fused-ring (bicyclic) bond motifs is 1. The zero-order valence-corrected chi connectivity index (χ0v) is 21.2. The van der Waals surface area contributed by atoms with Gasteiger partial charge in [0.25, 0.3) is 11.8 Å². The Bertz CT molecular complexity index is 1070. The van der Waals surface area contributed by atoms with Gasteiger partial charge in [0.1, 0.15) is 18.1 Å². The van der Waals surface area contributed by atoms with Crippen LogP contribution in [0.3, 0.4) is 0 Å². The van der Waals surface area contributed by atoms with Crippen LogP contribution in [0.4, 0.5) is 5.69 Å². The third-order valence-corrected chi connectivity index (χ3v) is 6.19. The molecular weight excluding hydrogens is 452 g/mol. The highest BCUT2D eigenvalue weighted by molar-refractivity contribution is 6.04. The largest absolute Gasteiger partial charge is 0.491 e. The maximum absolute atomic E-state index is 13.4. The molecule has 0 spiro atoms. The van der Waals surface area contributed by atoms with E-state index in [-0.39, 0.29) is 42.2 Å². The predicted molar refractivity (Wildman–Crippen MR) is 130 cm³/mol. The Hall–Kier alpha value is -3.40. The van der Waals surface area contributed by atoms with Gasteiger partial charge in [-0.05, 0) is 32.0 Å². The van der Waals surface area contributed by atoms with Crippen LogP contribution < -0.4 is 10.1 Å². The number of anilines is 1. The molecule has 0 bridgehead atoms. The molecule has 0 fully saturated rings. The molecule has 10 heteroatoms. The first-order valence-corrected chi connectivity index (χ1v) is 11.7. The first kappa shape index (κ1) is 26.2. The van der Waals surface area contributed by atoms with Crippen LogP contribution in [-0.4, -0.2) is 78.7 Å². The van der Waals surface area contributed by atoms with Gasteiger partial charge in [0.05, 0.1) is 17.7 Å². The van der Waals surface area contributed by atoms with Crippen molar-refractivity contribution >= 4 is 23.4 Å². The van der Waals surface area contributed by atoms with Crippen LogP contribution in [0.15, 0.2) is 28.8 Å². The maximum atomic E-state index is 13.4. The Labute approximate surface area is 205 Å². The fourth-order valence-electron chi connectivity index (χ4n) is 4.07. The zero-order chi connectivity index (χ0) is 25.7. The van der Waals surface area contributed by atoms with Crippen LogP contribution in [0.1, 0.15) is 53.8 Å². The van der Waals surface area contributed by atoms with Crippen molar-refractivity contribution in [1.29, 1.82) is 0 Å². The lowest BCUT2D eigenvalue weighted by Crippen LogP contribution is -2.48. The van der Waals surface area contributed by atoms with Crippen molar-refractivity contribution in [1.82, 2.24) is 15.0 Å². The summed E-state index contributed by atoms with van der Waals surface area (Å²) < 4.78 is 16.7. The summed E-state index contributed by atoms with van der Waals surface area (Å²) >= 11 is 0. The fraction of sp³-hybridized carbons (Fsp3) is 0.520. The van der Waals surface area contributed by atoms with Crippen molar-refractivity contribution in [3.05, 3.63) is 41.3 Å². The van der Waals surface area contributed by atoms with E-state index in [1.165, 1.54) is 6.07 Å². The lowest BCUT2D eigenvalue weighted by atomic mass is 10.0. The number of rotatable bonds is 4. The molecule has 1 N–H and O–H groups in total. The highest BCUT2D eigenvalue weighted by Gasteiger charge is 2.30. The van der Waals surface area contributed by atoms with Crippen molar-refractivity contribution in [2.45, 2.75) is 46.3 Å². The molecule has 10 nitrogen and oxygen atoms in total. The number of aromatic nitrogens is 1. The number of hydrogen-bond acceptors (Lipinski definition) is 7. The monoisotopic (exact) mass is 486 g/mol. The quantitative estimate of drug-likeness (QED) is 0.707. The van der Waals surface area contributed by atoms with Gasteiger partial charge >= 0.3 is 0 Å². The minimum Gasteiger partial charge on any atom is -0.491 e. The van der Waals surface area contributed by atoms with E-state index >= 15 is 0 Å². The molecule has 0 radical (unpaired) electrons. The number of nitrogens with zero attached hydrogens (tertiary/aromatic N) is 3. The molecule has 2 aromatic rings. The van der Waals surface area contributed by atoms with Crippen LogP contribution in [0.5, 0.6) is 5.75 Å². The van der Waals surface area contributed by atoms with Crippen molar-refractivity contribution in [2.75, 3.05) is 39.2 Å². The summed E-state index contributed by atoms with van der Waals surface area (Å²) in [5.41, 5.74) is 0.853. The van der Waals surface area contributed by atoms with Gasteiger partial charge in [0.2, 0.25) is 5.91 Å². The highest BCUT2D eigenvalue weighted by atomic mass is 16.5. The maximum Gasteiger partial charge on any atom is 0.277 e. The molecule has 1 aromatic carbocycles. The summed E-state index contributed by atoms with van der Waals surface area (Å²) in [5, 5.41) is 6.47. The van der Waals surface area contributed by atoms with Crippen LogP contribution in [0.25, 0.3) is 0 Å². The van der Waals surface area contributed by atoms with Gasteiger partial charge in [-0.25, -0.2) is 0 Å². The average molecular weight is 487 g/mol. The molecule has 0 unspecified atom stereocenters. The van der Waals surface area contributed by atoms with E-state index in [1.54, 1.807) is 44.2 Å². The van der Waals surface area contributed by atoms with E-state index in [0.29, 0.717) is 42.3 Å². The molecule has 190 valence electrons. The second-order valence-corrected chi connectivity index (χ2v) is 8.98. The smallest absolute Gasteiger partial charge is 0.277 e. The number of benzene rings is 1. The number of aryl methyl sites for hydroxylation is 1. The number of likely N-dealkylation sites (N-methyl/N-ethyl adjacent to an activating group) is 1. The highest BCUT2D eigenvalue weighted by Crippen LogP contribution is 2.27. The first-order chi connectivity index (χ1) is 16.6. The second-order valence-electron chi connectivity index (χ2n) is 8.98. The summed E-state index contributed by atoms with van der Waals surface area (Å²) in [4.78, 5) is 42.0. The number of nitrogens with one attached hydrogen (secondary N) is 1. The van der Waals surface area contributed by atoms with Crippen molar-refractivity contribution in [2.24, 2.45) is 5.92 Å². The average Bonchev–Trinajstić information content (AvgIpc) is 3.29. The summed E-state index contributed by atoms with van der Waals surface area (Å²) in [7, 11) is 3.30. The number of carbonyl (C=O) groups is 3. The second kappa shape index (κ2) is 11.4. The van der Waals surface area contributed by atoms with E-state index in [4.69, 9.17) is 14.0 Å². The van der Waals surface area contributed by atoms with Gasteiger partial charge in [-0.3, -0.25) is 14.4 Å². The summed E-state index contributed by atoms with van der Waals surface area (Å²) in [6.45, 7) is 8.50. The lowest BCUT2D eigenvalue weighted by molar-refractivity contribution is -0.135. The van der Waals surface area contributed by atoms with E-state index in [0.717, 1.165) is 0 Å². The van der Waals surface area contributed by atoms with Crippen LogP contribution >= 0.6 is 0 Å². The van der Waals surface area contributed by atoms with E-state index < -0.39 is 5.91 Å². The third-order valence-electron chi connectivity index (χ3n) is 6.19. The van der Waals surface area contributed by atoms with Gasteiger partial charge in [-0.15, -0.1) is 0 Å². The molecule has 2 heterocycles. The van der Waals surface area contributed by atoms with Crippen molar-refractivity contribution in [3.63, 3.8) is 0 Å². The Morgan fingerprint density at radius 3 is 2.60 bits per heavy atom. The zero-order valence-electron chi connectivity index (χ0n) is 21.2. The molecule has 3 atom stereocenters. The van der Waals surface area contributed by atoms with Gasteiger partial charge in [-0.2, -0.15) is 0 Å². The number of carbonyl (C=O) groups excluding carboxylic acids is 3. The third kappa shape index (κ3) is 6.19. The number of hydrogen-bond donors (Lipinski definition) is 1. The molecule has 1 aromatic heterocycles. The minimum atomic E-state index is -0.452. The Morgan fingerprint density at radius 1 is 1.23 bits per heavy atom. The topological polar surface area (TPSA) is 114 Å². The number of methoxy groups -OCH3 is 1. The van der Waals surface area contributed by atoms with Gasteiger partial charge in [-0.1, -0.05) is 19.0 Å². The molecule has 0 aliphatic carbocycles. The number of ether oxygens (including phenoxy) is 2. The van der Waals surface area contributed by atoms with Gasteiger partial charge < -0.3 is 29.1 Å². The summed E-state index contributed by atoms with van der Waals surface area (Å²) in [6.07, 6.45) is 0.114. The van der Waals surface area contributed by atoms with Crippen LogP contribution in [-0.2, 0) is 9.53 Å². The molecule has 1 aliphatic heterocycles. The first-order valence-electron chi connectivity index (χ1n) is 11.7. The van der Waals surface area contributed by atoms with Crippen molar-refractivity contribution in [3.8, 4) is 5.75 Å². The Morgan fingerprint density at radius 2 is 1.97 bits per heavy atom. The lowest BCUT2D eigenvalue weighted by Gasteiger charge is -2.36. The van der Waals surface area contributed by atoms with E-state index in [2.05, 4.69) is 10.5 Å².